The van der Waals surface area contributed by atoms with E-state index in [0.717, 1.165) is 24.0 Å². The molecule has 0 saturated heterocycles. The zero-order valence-corrected chi connectivity index (χ0v) is 26.0. The Balaban J connectivity index is 1.23. The van der Waals surface area contributed by atoms with Crippen molar-refractivity contribution in [1.29, 1.82) is 0 Å². The summed E-state index contributed by atoms with van der Waals surface area (Å²) in [5.41, 5.74) is 12.6. The van der Waals surface area contributed by atoms with Gasteiger partial charge in [-0.2, -0.15) is 0 Å². The molecule has 8 aromatic rings. The Labute approximate surface area is 268 Å². The smallest absolute Gasteiger partial charge is 0.136 e. The molecule has 0 aliphatic heterocycles. The molecule has 1 aromatic heterocycles. The standard InChI is InChI=1S/C45H32O/c1-45(2)38-23-21-28-24-37-30-14-10-11-19-40(30)46-41(37)26-36(28)44(38)35-22-20-29(25-39(35)45)43-33-17-8-6-15-31(33)42(27-12-4-3-5-13-27)32-16-7-9-18-34(32)43/h3-4,6-12,14-26H,5,13H2,1-2H3. The van der Waals surface area contributed by atoms with Crippen LogP contribution < -0.4 is 0 Å². The highest BCUT2D eigenvalue weighted by Crippen LogP contribution is 2.53. The third-order valence-electron chi connectivity index (χ3n) is 10.7. The van der Waals surface area contributed by atoms with Gasteiger partial charge in [-0.15, -0.1) is 0 Å². The summed E-state index contributed by atoms with van der Waals surface area (Å²) in [6.07, 6.45) is 8.97. The Bertz CT molecular complexity index is 2600. The normalized spacial score (nSPS) is 15.2. The van der Waals surface area contributed by atoms with Crippen molar-refractivity contribution in [2.75, 3.05) is 0 Å². The molecule has 0 saturated carbocycles. The largest absolute Gasteiger partial charge is 0.456 e. The predicted octanol–water partition coefficient (Wildman–Crippen LogP) is 12.8. The minimum absolute atomic E-state index is 0.136. The zero-order chi connectivity index (χ0) is 30.6. The van der Waals surface area contributed by atoms with E-state index in [1.807, 2.05) is 6.07 Å². The summed E-state index contributed by atoms with van der Waals surface area (Å²) in [5, 5.41) is 10.2. The summed E-state index contributed by atoms with van der Waals surface area (Å²) < 4.78 is 6.36. The summed E-state index contributed by atoms with van der Waals surface area (Å²) in [6.45, 7) is 4.77. The monoisotopic (exact) mass is 588 g/mol. The Morgan fingerprint density at radius 1 is 0.543 bits per heavy atom. The maximum absolute atomic E-state index is 6.36. The van der Waals surface area contributed by atoms with Gasteiger partial charge in [0, 0.05) is 16.2 Å². The van der Waals surface area contributed by atoms with Crippen molar-refractivity contribution in [2.45, 2.75) is 32.1 Å². The van der Waals surface area contributed by atoms with Crippen LogP contribution in [0.4, 0.5) is 0 Å². The fourth-order valence-corrected chi connectivity index (χ4v) is 8.53. The maximum Gasteiger partial charge on any atom is 0.136 e. The minimum Gasteiger partial charge on any atom is -0.456 e. The van der Waals surface area contributed by atoms with E-state index in [4.69, 9.17) is 4.42 Å². The molecular formula is C45H32O. The average molecular weight is 589 g/mol. The van der Waals surface area contributed by atoms with E-state index >= 15 is 0 Å². The predicted molar refractivity (Wildman–Crippen MR) is 196 cm³/mol. The number of fused-ring (bicyclic) bond motifs is 10. The van der Waals surface area contributed by atoms with Crippen LogP contribution in [0.1, 0.15) is 43.4 Å². The Hall–Kier alpha value is -5.40. The molecule has 0 bridgehead atoms. The van der Waals surface area contributed by atoms with Gasteiger partial charge in [-0.3, -0.25) is 0 Å². The highest BCUT2D eigenvalue weighted by molar-refractivity contribution is 6.19. The molecule has 2 aliphatic rings. The third-order valence-corrected chi connectivity index (χ3v) is 10.7. The lowest BCUT2D eigenvalue weighted by Crippen LogP contribution is -2.15. The van der Waals surface area contributed by atoms with E-state index < -0.39 is 0 Å². The van der Waals surface area contributed by atoms with Gasteiger partial charge in [-0.25, -0.2) is 0 Å². The van der Waals surface area contributed by atoms with Crippen LogP contribution in [0.5, 0.6) is 0 Å². The van der Waals surface area contributed by atoms with Crippen molar-refractivity contribution in [3.8, 4) is 22.3 Å². The first-order valence-electron chi connectivity index (χ1n) is 16.4. The van der Waals surface area contributed by atoms with Crippen LogP contribution in [0.2, 0.25) is 0 Å². The van der Waals surface area contributed by atoms with Gasteiger partial charge in [0.05, 0.1) is 0 Å². The number of allylic oxidation sites excluding steroid dienone is 4. The fraction of sp³-hybridized carbons (Fsp3) is 0.111. The zero-order valence-electron chi connectivity index (χ0n) is 26.0. The van der Waals surface area contributed by atoms with Crippen molar-refractivity contribution in [2.24, 2.45) is 0 Å². The second kappa shape index (κ2) is 9.31. The molecule has 0 N–H and O–H groups in total. The Morgan fingerprint density at radius 2 is 1.24 bits per heavy atom. The number of para-hydroxylation sites is 1. The van der Waals surface area contributed by atoms with E-state index in [0.29, 0.717) is 0 Å². The van der Waals surface area contributed by atoms with Gasteiger partial charge in [0.25, 0.3) is 0 Å². The first-order chi connectivity index (χ1) is 22.6. The van der Waals surface area contributed by atoms with Crippen LogP contribution in [-0.2, 0) is 5.41 Å². The lowest BCUT2D eigenvalue weighted by molar-refractivity contribution is 0.661. The van der Waals surface area contributed by atoms with Crippen molar-refractivity contribution < 1.29 is 4.42 Å². The van der Waals surface area contributed by atoms with E-state index in [-0.39, 0.29) is 5.41 Å². The second-order valence-electron chi connectivity index (χ2n) is 13.5. The second-order valence-corrected chi connectivity index (χ2v) is 13.5. The number of benzene rings is 7. The maximum atomic E-state index is 6.36. The molecule has 0 atom stereocenters. The summed E-state index contributed by atoms with van der Waals surface area (Å²) >= 11 is 0. The molecular weight excluding hydrogens is 556 g/mol. The van der Waals surface area contributed by atoms with Crippen LogP contribution in [0.15, 0.2) is 138 Å². The molecule has 0 spiro atoms. The van der Waals surface area contributed by atoms with Crippen LogP contribution in [-0.4, -0.2) is 0 Å². The lowest BCUT2D eigenvalue weighted by atomic mass is 9.80. The quantitative estimate of drug-likeness (QED) is 0.183. The van der Waals surface area contributed by atoms with Gasteiger partial charge in [0.1, 0.15) is 11.2 Å². The van der Waals surface area contributed by atoms with E-state index in [1.54, 1.807) is 0 Å². The number of rotatable bonds is 2. The summed E-state index contributed by atoms with van der Waals surface area (Å²) in [4.78, 5) is 0. The first kappa shape index (κ1) is 25.9. The topological polar surface area (TPSA) is 13.1 Å². The molecule has 0 unspecified atom stereocenters. The van der Waals surface area contributed by atoms with Crippen LogP contribution in [0, 0.1) is 0 Å². The van der Waals surface area contributed by atoms with E-state index in [2.05, 4.69) is 141 Å². The molecule has 218 valence electrons. The molecule has 1 nitrogen and oxygen atoms in total. The molecule has 0 fully saturated rings. The lowest BCUT2D eigenvalue weighted by Gasteiger charge is -2.23. The third kappa shape index (κ3) is 3.46. The van der Waals surface area contributed by atoms with Gasteiger partial charge in [0.2, 0.25) is 0 Å². The van der Waals surface area contributed by atoms with Crippen molar-refractivity contribution in [3.05, 3.63) is 150 Å². The van der Waals surface area contributed by atoms with E-state index in [9.17, 15) is 0 Å². The summed E-state index contributed by atoms with van der Waals surface area (Å²) in [6, 6.07) is 42.9. The summed E-state index contributed by atoms with van der Waals surface area (Å²) in [7, 11) is 0. The van der Waals surface area contributed by atoms with Crippen LogP contribution >= 0.6 is 0 Å². The highest BCUT2D eigenvalue weighted by atomic mass is 16.3. The minimum atomic E-state index is -0.136. The fourth-order valence-electron chi connectivity index (χ4n) is 8.53. The van der Waals surface area contributed by atoms with Crippen molar-refractivity contribution >= 4 is 59.8 Å². The molecule has 7 aromatic carbocycles. The van der Waals surface area contributed by atoms with E-state index in [1.165, 1.54) is 87.6 Å². The van der Waals surface area contributed by atoms with Crippen molar-refractivity contribution in [3.63, 3.8) is 0 Å². The van der Waals surface area contributed by atoms with Crippen LogP contribution in [0.25, 0.3) is 82.1 Å². The molecule has 0 radical (unpaired) electrons. The van der Waals surface area contributed by atoms with Crippen molar-refractivity contribution in [1.82, 2.24) is 0 Å². The Kier molecular flexibility index (Phi) is 5.24. The van der Waals surface area contributed by atoms with Gasteiger partial charge in [-0.05, 0) is 114 Å². The van der Waals surface area contributed by atoms with Gasteiger partial charge < -0.3 is 4.42 Å². The molecule has 2 aliphatic carbocycles. The molecule has 46 heavy (non-hydrogen) atoms. The molecule has 1 heterocycles. The van der Waals surface area contributed by atoms with Crippen LogP contribution in [0.3, 0.4) is 0 Å². The first-order valence-corrected chi connectivity index (χ1v) is 16.4. The molecule has 1 heteroatoms. The van der Waals surface area contributed by atoms with Gasteiger partial charge in [0.15, 0.2) is 0 Å². The number of hydrogen-bond donors (Lipinski definition) is 0. The Morgan fingerprint density at radius 3 is 1.96 bits per heavy atom. The molecule has 10 rings (SSSR count). The van der Waals surface area contributed by atoms with Gasteiger partial charge >= 0.3 is 0 Å². The molecule has 0 amide bonds. The number of hydrogen-bond acceptors (Lipinski definition) is 1. The summed E-state index contributed by atoms with van der Waals surface area (Å²) in [5.74, 6) is 0. The van der Waals surface area contributed by atoms with Gasteiger partial charge in [-0.1, -0.05) is 123 Å². The number of furan rings is 1. The SMILES string of the molecule is CC1(C)c2cc(-c3c4ccccc4c(C4=CC=CCC4)c4ccccc34)ccc2-c2c1ccc1cc3c(cc21)oc1ccccc13. The highest BCUT2D eigenvalue weighted by Gasteiger charge is 2.37. The average Bonchev–Trinajstić information content (AvgIpc) is 3.57.